The molecule has 0 saturated carbocycles. The van der Waals surface area contributed by atoms with Gasteiger partial charge in [-0.25, -0.2) is 0 Å². The Hall–Kier alpha value is -2.08. The molecule has 0 aromatic carbocycles. The summed E-state index contributed by atoms with van der Waals surface area (Å²) < 4.78 is 6.87. The van der Waals surface area contributed by atoms with Crippen LogP contribution in [0.15, 0.2) is 24.4 Å². The molecule has 2 rings (SSSR count). The molecule has 0 aliphatic rings. The quantitative estimate of drug-likeness (QED) is 0.831. The largest absolute Gasteiger partial charge is 0.383 e. The molecule has 0 bridgehead atoms. The summed E-state index contributed by atoms with van der Waals surface area (Å²) in [7, 11) is 1.64. The summed E-state index contributed by atoms with van der Waals surface area (Å²) in [6.45, 7) is 3.24. The SMILES string of the molecule is CCc1cc(NC(=O)c2cccn2CCOC)n[nH]1. The Morgan fingerprint density at radius 3 is 3.11 bits per heavy atom. The first-order valence-corrected chi connectivity index (χ1v) is 6.24. The van der Waals surface area contributed by atoms with Crippen molar-refractivity contribution in [2.75, 3.05) is 19.0 Å². The molecule has 2 N–H and O–H groups in total. The fourth-order valence-electron chi connectivity index (χ4n) is 1.79. The average molecular weight is 262 g/mol. The molecule has 6 nitrogen and oxygen atoms in total. The molecule has 6 heteroatoms. The van der Waals surface area contributed by atoms with Crippen molar-refractivity contribution in [2.24, 2.45) is 0 Å². The number of methoxy groups -OCH3 is 1. The zero-order chi connectivity index (χ0) is 13.7. The molecule has 0 spiro atoms. The van der Waals surface area contributed by atoms with Crippen molar-refractivity contribution in [2.45, 2.75) is 19.9 Å². The van der Waals surface area contributed by atoms with Crippen LogP contribution in [-0.2, 0) is 17.7 Å². The molecule has 1 amide bonds. The zero-order valence-corrected chi connectivity index (χ0v) is 11.1. The van der Waals surface area contributed by atoms with Gasteiger partial charge in [0.05, 0.1) is 6.61 Å². The number of hydrogen-bond donors (Lipinski definition) is 2. The van der Waals surface area contributed by atoms with Crippen molar-refractivity contribution in [1.29, 1.82) is 0 Å². The van der Waals surface area contributed by atoms with Gasteiger partial charge in [0.1, 0.15) is 5.69 Å². The summed E-state index contributed by atoms with van der Waals surface area (Å²) >= 11 is 0. The van der Waals surface area contributed by atoms with E-state index in [-0.39, 0.29) is 5.91 Å². The van der Waals surface area contributed by atoms with Crippen LogP contribution in [0.1, 0.15) is 23.1 Å². The van der Waals surface area contributed by atoms with Crippen LogP contribution < -0.4 is 5.32 Å². The van der Waals surface area contributed by atoms with Crippen LogP contribution in [0.5, 0.6) is 0 Å². The van der Waals surface area contributed by atoms with E-state index in [0.717, 1.165) is 12.1 Å². The van der Waals surface area contributed by atoms with Crippen LogP contribution in [0.2, 0.25) is 0 Å². The van der Waals surface area contributed by atoms with E-state index in [1.165, 1.54) is 0 Å². The number of nitrogens with zero attached hydrogens (tertiary/aromatic N) is 2. The number of rotatable bonds is 6. The van der Waals surface area contributed by atoms with Gasteiger partial charge in [-0.2, -0.15) is 5.10 Å². The Kier molecular flexibility index (Phi) is 4.35. The monoisotopic (exact) mass is 262 g/mol. The molecule has 2 aromatic heterocycles. The minimum absolute atomic E-state index is 0.171. The normalized spacial score (nSPS) is 10.6. The van der Waals surface area contributed by atoms with Crippen molar-refractivity contribution < 1.29 is 9.53 Å². The molecule has 0 aliphatic carbocycles. The first-order chi connectivity index (χ1) is 9.24. The predicted octanol–water partition coefficient (Wildman–Crippen LogP) is 1.67. The van der Waals surface area contributed by atoms with E-state index in [1.54, 1.807) is 13.2 Å². The fourth-order valence-corrected chi connectivity index (χ4v) is 1.79. The van der Waals surface area contributed by atoms with Crippen LogP contribution in [0.3, 0.4) is 0 Å². The van der Waals surface area contributed by atoms with E-state index in [2.05, 4.69) is 15.5 Å². The average Bonchev–Trinajstić information content (AvgIpc) is 3.04. The van der Waals surface area contributed by atoms with E-state index < -0.39 is 0 Å². The highest BCUT2D eigenvalue weighted by Gasteiger charge is 2.12. The van der Waals surface area contributed by atoms with Gasteiger partial charge in [-0.1, -0.05) is 6.92 Å². The molecule has 0 saturated heterocycles. The van der Waals surface area contributed by atoms with Crippen molar-refractivity contribution in [3.63, 3.8) is 0 Å². The van der Waals surface area contributed by atoms with E-state index in [9.17, 15) is 4.79 Å². The number of aryl methyl sites for hydroxylation is 1. The van der Waals surface area contributed by atoms with E-state index in [0.29, 0.717) is 24.7 Å². The summed E-state index contributed by atoms with van der Waals surface area (Å²) in [6, 6.07) is 5.45. The second kappa shape index (κ2) is 6.19. The van der Waals surface area contributed by atoms with Crippen molar-refractivity contribution in [1.82, 2.24) is 14.8 Å². The number of nitrogens with one attached hydrogen (secondary N) is 2. The summed E-state index contributed by atoms with van der Waals surface area (Å²) in [6.07, 6.45) is 2.71. The lowest BCUT2D eigenvalue weighted by molar-refractivity contribution is 0.101. The van der Waals surface area contributed by atoms with Crippen LogP contribution >= 0.6 is 0 Å². The van der Waals surface area contributed by atoms with Gasteiger partial charge in [0.2, 0.25) is 0 Å². The molecule has 0 radical (unpaired) electrons. The van der Waals surface area contributed by atoms with Crippen LogP contribution in [0, 0.1) is 0 Å². The van der Waals surface area contributed by atoms with Gasteiger partial charge in [-0.15, -0.1) is 0 Å². The Morgan fingerprint density at radius 1 is 1.58 bits per heavy atom. The van der Waals surface area contributed by atoms with Gasteiger partial charge in [0.15, 0.2) is 5.82 Å². The molecule has 0 fully saturated rings. The Bertz CT molecular complexity index is 544. The third-order valence-electron chi connectivity index (χ3n) is 2.85. The number of carbonyl (C=O) groups is 1. The van der Waals surface area contributed by atoms with E-state index in [4.69, 9.17) is 4.74 Å². The van der Waals surface area contributed by atoms with Crippen LogP contribution in [0.25, 0.3) is 0 Å². The van der Waals surface area contributed by atoms with Crippen molar-refractivity contribution >= 4 is 11.7 Å². The highest BCUT2D eigenvalue weighted by atomic mass is 16.5. The van der Waals surface area contributed by atoms with Crippen molar-refractivity contribution in [3.05, 3.63) is 35.8 Å². The standard InChI is InChI=1S/C13H18N4O2/c1-3-10-9-12(16-15-10)14-13(18)11-5-4-6-17(11)7-8-19-2/h4-6,9H,3,7-8H2,1-2H3,(H2,14,15,16,18). The van der Waals surface area contributed by atoms with Crippen molar-refractivity contribution in [3.8, 4) is 0 Å². The first kappa shape index (κ1) is 13.4. The van der Waals surface area contributed by atoms with Gasteiger partial charge in [0.25, 0.3) is 5.91 Å². The molecule has 2 aromatic rings. The van der Waals surface area contributed by atoms with Gasteiger partial charge in [-0.05, 0) is 18.6 Å². The van der Waals surface area contributed by atoms with Gasteiger partial charge in [0, 0.05) is 31.6 Å². The molecule has 0 aliphatic heterocycles. The maximum atomic E-state index is 12.1. The summed E-state index contributed by atoms with van der Waals surface area (Å²) in [5.41, 5.74) is 1.59. The lowest BCUT2D eigenvalue weighted by Gasteiger charge is -2.07. The summed E-state index contributed by atoms with van der Waals surface area (Å²) in [4.78, 5) is 12.1. The second-order valence-electron chi connectivity index (χ2n) is 4.17. The van der Waals surface area contributed by atoms with Gasteiger partial charge in [-0.3, -0.25) is 9.89 Å². The van der Waals surface area contributed by atoms with E-state index in [1.807, 2.05) is 29.8 Å². The Labute approximate surface area is 111 Å². The first-order valence-electron chi connectivity index (χ1n) is 6.24. The molecule has 0 unspecified atom stereocenters. The Balaban J connectivity index is 2.05. The molecule has 0 atom stereocenters. The number of anilines is 1. The number of amides is 1. The van der Waals surface area contributed by atoms with Gasteiger partial charge >= 0.3 is 0 Å². The number of aromatic nitrogens is 3. The third-order valence-corrected chi connectivity index (χ3v) is 2.85. The smallest absolute Gasteiger partial charge is 0.273 e. The topological polar surface area (TPSA) is 71.9 Å². The molecule has 19 heavy (non-hydrogen) atoms. The van der Waals surface area contributed by atoms with Crippen LogP contribution in [0.4, 0.5) is 5.82 Å². The number of H-pyrrole nitrogens is 1. The lowest BCUT2D eigenvalue weighted by atomic mass is 10.3. The number of ether oxygens (including phenoxy) is 1. The summed E-state index contributed by atoms with van der Waals surface area (Å²) in [5, 5.41) is 9.67. The number of hydrogen-bond acceptors (Lipinski definition) is 3. The van der Waals surface area contributed by atoms with Crippen LogP contribution in [-0.4, -0.2) is 34.4 Å². The highest BCUT2D eigenvalue weighted by Crippen LogP contribution is 2.09. The fraction of sp³-hybridized carbons (Fsp3) is 0.385. The third kappa shape index (κ3) is 3.23. The highest BCUT2D eigenvalue weighted by molar-refractivity contribution is 6.02. The Morgan fingerprint density at radius 2 is 2.42 bits per heavy atom. The lowest BCUT2D eigenvalue weighted by Crippen LogP contribution is -2.18. The maximum absolute atomic E-state index is 12.1. The number of aromatic amines is 1. The molecule has 102 valence electrons. The molecular weight excluding hydrogens is 244 g/mol. The maximum Gasteiger partial charge on any atom is 0.273 e. The molecule has 2 heterocycles. The van der Waals surface area contributed by atoms with E-state index >= 15 is 0 Å². The summed E-state index contributed by atoms with van der Waals surface area (Å²) in [5.74, 6) is 0.372. The minimum atomic E-state index is -0.171. The predicted molar refractivity (Wildman–Crippen MR) is 72.2 cm³/mol. The second-order valence-corrected chi connectivity index (χ2v) is 4.17. The van der Waals surface area contributed by atoms with Gasteiger partial charge < -0.3 is 14.6 Å². The molecular formula is C13H18N4O2. The minimum Gasteiger partial charge on any atom is -0.383 e. The number of carbonyl (C=O) groups excluding carboxylic acids is 1. The zero-order valence-electron chi connectivity index (χ0n) is 11.1.